The molecule has 0 bridgehead atoms. The standard InChI is InChI=1S/C17H13F2N3O2S/c18-10-3-5-12(13(19)7-10)17-21-15(22-24-17)14-6-4-11(25-14)8-20-16(23)9-1-2-9/h3-7,9H,1-2,8H2,(H,20,23). The normalized spacial score (nSPS) is 13.8. The highest BCUT2D eigenvalue weighted by molar-refractivity contribution is 7.15. The molecule has 1 amide bonds. The zero-order valence-corrected chi connectivity index (χ0v) is 13.8. The number of amides is 1. The summed E-state index contributed by atoms with van der Waals surface area (Å²) in [6.07, 6.45) is 1.93. The highest BCUT2D eigenvalue weighted by Crippen LogP contribution is 2.31. The van der Waals surface area contributed by atoms with Crippen molar-refractivity contribution in [3.8, 4) is 22.2 Å². The third-order valence-corrected chi connectivity index (χ3v) is 4.94. The van der Waals surface area contributed by atoms with Gasteiger partial charge in [-0.05, 0) is 37.1 Å². The van der Waals surface area contributed by atoms with Crippen LogP contribution in [0.15, 0.2) is 34.9 Å². The first kappa shape index (κ1) is 15.9. The molecule has 3 aromatic rings. The number of nitrogens with one attached hydrogen (secondary N) is 1. The molecule has 4 rings (SSSR count). The van der Waals surface area contributed by atoms with E-state index >= 15 is 0 Å². The Labute approximate surface area is 145 Å². The van der Waals surface area contributed by atoms with E-state index in [2.05, 4.69) is 15.5 Å². The SMILES string of the molecule is O=C(NCc1ccc(-c2noc(-c3ccc(F)cc3F)n2)s1)C1CC1. The molecule has 0 spiro atoms. The lowest BCUT2D eigenvalue weighted by atomic mass is 10.2. The molecule has 0 radical (unpaired) electrons. The molecule has 1 aliphatic carbocycles. The van der Waals surface area contributed by atoms with Crippen LogP contribution in [0.25, 0.3) is 22.2 Å². The van der Waals surface area contributed by atoms with Gasteiger partial charge in [0.2, 0.25) is 11.7 Å². The van der Waals surface area contributed by atoms with Crippen molar-refractivity contribution in [2.45, 2.75) is 19.4 Å². The Kier molecular flexibility index (Phi) is 4.04. The molecule has 1 N–H and O–H groups in total. The van der Waals surface area contributed by atoms with Crippen LogP contribution in [0.4, 0.5) is 8.78 Å². The molecule has 0 aliphatic heterocycles. The van der Waals surface area contributed by atoms with Crippen LogP contribution in [0.5, 0.6) is 0 Å². The average molecular weight is 361 g/mol. The lowest BCUT2D eigenvalue weighted by Gasteiger charge is -2.00. The molecule has 2 aromatic heterocycles. The molecule has 128 valence electrons. The minimum atomic E-state index is -0.759. The third-order valence-electron chi connectivity index (χ3n) is 3.85. The van der Waals surface area contributed by atoms with Crippen molar-refractivity contribution in [1.82, 2.24) is 15.5 Å². The maximum Gasteiger partial charge on any atom is 0.261 e. The Morgan fingerprint density at radius 1 is 1.28 bits per heavy atom. The van der Waals surface area contributed by atoms with E-state index in [1.807, 2.05) is 12.1 Å². The summed E-state index contributed by atoms with van der Waals surface area (Å²) in [5.41, 5.74) is 0.0497. The maximum absolute atomic E-state index is 13.8. The lowest BCUT2D eigenvalue weighted by molar-refractivity contribution is -0.122. The van der Waals surface area contributed by atoms with E-state index in [1.165, 1.54) is 17.4 Å². The third kappa shape index (κ3) is 3.43. The molecule has 1 aliphatic rings. The van der Waals surface area contributed by atoms with Crippen LogP contribution in [0.1, 0.15) is 17.7 Å². The quantitative estimate of drug-likeness (QED) is 0.751. The van der Waals surface area contributed by atoms with Gasteiger partial charge in [0, 0.05) is 16.9 Å². The second-order valence-corrected chi connectivity index (χ2v) is 6.97. The highest BCUT2D eigenvalue weighted by atomic mass is 32.1. The number of carbonyl (C=O) groups excluding carboxylic acids is 1. The fraction of sp³-hybridized carbons (Fsp3) is 0.235. The number of aromatic nitrogens is 2. The largest absolute Gasteiger partial charge is 0.351 e. The molecule has 0 unspecified atom stereocenters. The Balaban J connectivity index is 1.49. The number of carbonyl (C=O) groups is 1. The Morgan fingerprint density at radius 2 is 2.12 bits per heavy atom. The van der Waals surface area contributed by atoms with Gasteiger partial charge in [0.25, 0.3) is 5.89 Å². The van der Waals surface area contributed by atoms with Crippen molar-refractivity contribution >= 4 is 17.2 Å². The van der Waals surface area contributed by atoms with Gasteiger partial charge in [0.05, 0.1) is 17.0 Å². The van der Waals surface area contributed by atoms with Crippen molar-refractivity contribution in [3.05, 3.63) is 46.8 Å². The monoisotopic (exact) mass is 361 g/mol. The van der Waals surface area contributed by atoms with E-state index in [-0.39, 0.29) is 23.3 Å². The number of halogens is 2. The average Bonchev–Trinajstić information content (AvgIpc) is 3.14. The van der Waals surface area contributed by atoms with Crippen molar-refractivity contribution in [3.63, 3.8) is 0 Å². The molecule has 0 atom stereocenters. The van der Waals surface area contributed by atoms with Gasteiger partial charge >= 0.3 is 0 Å². The molecular weight excluding hydrogens is 348 g/mol. The Morgan fingerprint density at radius 3 is 2.88 bits per heavy atom. The zero-order chi connectivity index (χ0) is 17.4. The summed E-state index contributed by atoms with van der Waals surface area (Å²) < 4.78 is 31.9. The van der Waals surface area contributed by atoms with Gasteiger partial charge in [-0.15, -0.1) is 11.3 Å². The minimum Gasteiger partial charge on any atom is -0.351 e. The molecule has 8 heteroatoms. The molecule has 1 saturated carbocycles. The van der Waals surface area contributed by atoms with Crippen molar-refractivity contribution in [2.24, 2.45) is 5.92 Å². The van der Waals surface area contributed by atoms with Crippen LogP contribution < -0.4 is 5.32 Å². The van der Waals surface area contributed by atoms with Gasteiger partial charge in [-0.25, -0.2) is 8.78 Å². The summed E-state index contributed by atoms with van der Waals surface area (Å²) in [5.74, 6) is -0.858. The van der Waals surface area contributed by atoms with Gasteiger partial charge in [-0.1, -0.05) is 5.16 Å². The van der Waals surface area contributed by atoms with Crippen LogP contribution in [0.3, 0.4) is 0 Å². The Bertz CT molecular complexity index is 934. The summed E-state index contributed by atoms with van der Waals surface area (Å²) in [7, 11) is 0. The summed E-state index contributed by atoms with van der Waals surface area (Å²) >= 11 is 1.42. The van der Waals surface area contributed by atoms with E-state index in [9.17, 15) is 13.6 Å². The number of benzene rings is 1. The predicted octanol–water partition coefficient (Wildman–Crippen LogP) is 3.77. The molecule has 5 nitrogen and oxygen atoms in total. The molecule has 2 heterocycles. The molecular formula is C17H13F2N3O2S. The first-order valence-electron chi connectivity index (χ1n) is 7.76. The van der Waals surface area contributed by atoms with Gasteiger partial charge in [-0.2, -0.15) is 4.98 Å². The molecule has 0 saturated heterocycles. The number of hydrogen-bond donors (Lipinski definition) is 1. The number of hydrogen-bond acceptors (Lipinski definition) is 5. The topological polar surface area (TPSA) is 68.0 Å². The van der Waals surface area contributed by atoms with E-state index in [0.29, 0.717) is 12.4 Å². The van der Waals surface area contributed by atoms with E-state index in [1.54, 1.807) is 0 Å². The molecule has 1 aromatic carbocycles. The second-order valence-electron chi connectivity index (χ2n) is 5.81. The van der Waals surface area contributed by atoms with Crippen LogP contribution in [-0.4, -0.2) is 16.0 Å². The van der Waals surface area contributed by atoms with E-state index in [4.69, 9.17) is 4.52 Å². The maximum atomic E-state index is 13.8. The molecule has 25 heavy (non-hydrogen) atoms. The van der Waals surface area contributed by atoms with Gasteiger partial charge in [0.1, 0.15) is 11.6 Å². The summed E-state index contributed by atoms with van der Waals surface area (Å²) in [5, 5.41) is 6.74. The number of nitrogens with zero attached hydrogens (tertiary/aromatic N) is 2. The smallest absolute Gasteiger partial charge is 0.261 e. The minimum absolute atomic E-state index is 0.00974. The lowest BCUT2D eigenvalue weighted by Crippen LogP contribution is -2.23. The second kappa shape index (κ2) is 6.36. The van der Waals surface area contributed by atoms with Crippen molar-refractivity contribution in [1.29, 1.82) is 0 Å². The van der Waals surface area contributed by atoms with E-state index < -0.39 is 11.6 Å². The fourth-order valence-corrected chi connectivity index (χ4v) is 3.23. The first-order chi connectivity index (χ1) is 12.1. The zero-order valence-electron chi connectivity index (χ0n) is 13.0. The van der Waals surface area contributed by atoms with Crippen molar-refractivity contribution < 1.29 is 18.1 Å². The van der Waals surface area contributed by atoms with Crippen molar-refractivity contribution in [2.75, 3.05) is 0 Å². The number of rotatable bonds is 5. The van der Waals surface area contributed by atoms with E-state index in [0.717, 1.165) is 34.7 Å². The van der Waals surface area contributed by atoms with Gasteiger partial charge in [0.15, 0.2) is 0 Å². The summed E-state index contributed by atoms with van der Waals surface area (Å²) in [6.45, 7) is 0.456. The van der Waals surface area contributed by atoms with Crippen LogP contribution in [0.2, 0.25) is 0 Å². The highest BCUT2D eigenvalue weighted by Gasteiger charge is 2.29. The number of thiophene rings is 1. The van der Waals surface area contributed by atoms with Crippen LogP contribution >= 0.6 is 11.3 Å². The molecule has 1 fully saturated rings. The van der Waals surface area contributed by atoms with Gasteiger partial charge in [-0.3, -0.25) is 4.79 Å². The Hall–Kier alpha value is -2.61. The van der Waals surface area contributed by atoms with Crippen LogP contribution in [-0.2, 0) is 11.3 Å². The van der Waals surface area contributed by atoms with Crippen LogP contribution in [0, 0.1) is 17.6 Å². The first-order valence-corrected chi connectivity index (χ1v) is 8.58. The summed E-state index contributed by atoms with van der Waals surface area (Å²) in [6, 6.07) is 6.86. The fourth-order valence-electron chi connectivity index (χ4n) is 2.35. The van der Waals surface area contributed by atoms with Gasteiger partial charge < -0.3 is 9.84 Å². The predicted molar refractivity (Wildman–Crippen MR) is 87.5 cm³/mol. The summed E-state index contributed by atoms with van der Waals surface area (Å²) in [4.78, 5) is 17.5.